The molecule has 1 heterocycles. The molecular weight excluding hydrogens is 420 g/mol. The van der Waals surface area contributed by atoms with E-state index in [0.717, 1.165) is 12.2 Å². The van der Waals surface area contributed by atoms with Gasteiger partial charge in [-0.15, -0.1) is 0 Å². The zero-order chi connectivity index (χ0) is 21.4. The lowest BCUT2D eigenvalue weighted by molar-refractivity contribution is 0.297. The van der Waals surface area contributed by atoms with Gasteiger partial charge in [0, 0.05) is 12.1 Å². The van der Waals surface area contributed by atoms with E-state index in [4.69, 9.17) is 16.3 Å². The Morgan fingerprint density at radius 1 is 0.933 bits per heavy atom. The summed E-state index contributed by atoms with van der Waals surface area (Å²) in [5.74, 6) is 0.758. The predicted molar refractivity (Wildman–Crippen MR) is 123 cm³/mol. The van der Waals surface area contributed by atoms with Gasteiger partial charge in [-0.05, 0) is 93.8 Å². The topological polar surface area (TPSA) is 49.9 Å². The first kappa shape index (κ1) is 22.9. The number of anilines is 1. The van der Waals surface area contributed by atoms with Crippen LogP contribution in [0, 0.1) is 0 Å². The molecule has 0 radical (unpaired) electrons. The lowest BCUT2D eigenvalue weighted by atomic mass is 10.2. The van der Waals surface area contributed by atoms with Crippen molar-refractivity contribution in [3.8, 4) is 5.75 Å². The fourth-order valence-corrected chi connectivity index (χ4v) is 4.96. The second kappa shape index (κ2) is 11.0. The smallest absolute Gasteiger partial charge is 0.264 e. The van der Waals surface area contributed by atoms with Crippen LogP contribution in [-0.2, 0) is 10.0 Å². The molecule has 0 atom stereocenters. The molecule has 0 aromatic heterocycles. The summed E-state index contributed by atoms with van der Waals surface area (Å²) in [5, 5.41) is 0.504. The number of sulfonamides is 1. The highest BCUT2D eigenvalue weighted by atomic mass is 35.5. The monoisotopic (exact) mass is 450 g/mol. The Morgan fingerprint density at radius 2 is 1.57 bits per heavy atom. The maximum atomic E-state index is 12.8. The van der Waals surface area contributed by atoms with Crippen molar-refractivity contribution in [2.24, 2.45) is 0 Å². The van der Waals surface area contributed by atoms with Gasteiger partial charge in [0.25, 0.3) is 10.0 Å². The van der Waals surface area contributed by atoms with Gasteiger partial charge in [-0.25, -0.2) is 8.42 Å². The summed E-state index contributed by atoms with van der Waals surface area (Å²) < 4.78 is 32.6. The second-order valence-corrected chi connectivity index (χ2v) is 10.1. The van der Waals surface area contributed by atoms with Crippen LogP contribution in [0.1, 0.15) is 38.5 Å². The van der Waals surface area contributed by atoms with Crippen molar-refractivity contribution in [1.82, 2.24) is 4.90 Å². The number of rotatable bonds is 11. The lowest BCUT2D eigenvalue weighted by Crippen LogP contribution is -2.26. The first-order chi connectivity index (χ1) is 14.5. The summed E-state index contributed by atoms with van der Waals surface area (Å²) in [6, 6.07) is 13.3. The third-order valence-electron chi connectivity index (χ3n) is 5.51. The first-order valence-corrected chi connectivity index (χ1v) is 12.5. The normalized spacial score (nSPS) is 14.7. The molecule has 0 N–H and O–H groups in total. The van der Waals surface area contributed by atoms with Crippen molar-refractivity contribution in [2.75, 3.05) is 37.6 Å². The van der Waals surface area contributed by atoms with Gasteiger partial charge in [-0.3, -0.25) is 4.31 Å². The number of ether oxygens (including phenoxy) is 1. The average molecular weight is 451 g/mol. The highest BCUT2D eigenvalue weighted by Gasteiger charge is 2.21. The van der Waals surface area contributed by atoms with E-state index < -0.39 is 10.0 Å². The molecule has 5 nitrogen and oxygen atoms in total. The third-order valence-corrected chi connectivity index (χ3v) is 7.56. The molecule has 164 valence electrons. The molecule has 1 aliphatic rings. The van der Waals surface area contributed by atoms with Crippen molar-refractivity contribution in [3.63, 3.8) is 0 Å². The van der Waals surface area contributed by atoms with Crippen molar-refractivity contribution in [1.29, 1.82) is 0 Å². The Labute approximate surface area is 185 Å². The maximum absolute atomic E-state index is 12.8. The number of hydrogen-bond donors (Lipinski definition) is 0. The van der Waals surface area contributed by atoms with Crippen LogP contribution in [-0.4, -0.2) is 46.6 Å². The second-order valence-electron chi connectivity index (χ2n) is 7.73. The fraction of sp³-hybridized carbons (Fsp3) is 0.478. The highest BCUT2D eigenvalue weighted by molar-refractivity contribution is 7.92. The van der Waals surface area contributed by atoms with Crippen LogP contribution in [0.5, 0.6) is 5.75 Å². The third kappa shape index (κ3) is 6.37. The van der Waals surface area contributed by atoms with Crippen molar-refractivity contribution >= 4 is 27.3 Å². The molecule has 1 aliphatic heterocycles. The van der Waals surface area contributed by atoms with Gasteiger partial charge in [0.05, 0.1) is 17.2 Å². The summed E-state index contributed by atoms with van der Waals surface area (Å²) in [4.78, 5) is 2.77. The van der Waals surface area contributed by atoms with Crippen LogP contribution >= 0.6 is 11.6 Å². The van der Waals surface area contributed by atoms with E-state index in [-0.39, 0.29) is 4.90 Å². The SMILES string of the molecule is CN(c1ccc(OCCCCCCN2CCCC2)cc1)S(=O)(=O)c1ccc(Cl)cc1. The zero-order valence-electron chi connectivity index (χ0n) is 17.6. The minimum atomic E-state index is -3.63. The molecule has 1 fully saturated rings. The van der Waals surface area contributed by atoms with Gasteiger partial charge in [-0.2, -0.15) is 0 Å². The van der Waals surface area contributed by atoms with Crippen LogP contribution < -0.4 is 9.04 Å². The van der Waals surface area contributed by atoms with E-state index in [1.807, 2.05) is 12.1 Å². The van der Waals surface area contributed by atoms with Gasteiger partial charge in [0.1, 0.15) is 5.75 Å². The zero-order valence-corrected chi connectivity index (χ0v) is 19.2. The maximum Gasteiger partial charge on any atom is 0.264 e. The molecule has 0 spiro atoms. The summed E-state index contributed by atoms with van der Waals surface area (Å²) in [6.45, 7) is 4.46. The highest BCUT2D eigenvalue weighted by Crippen LogP contribution is 2.25. The van der Waals surface area contributed by atoms with Crippen LogP contribution in [0.3, 0.4) is 0 Å². The summed E-state index contributed by atoms with van der Waals surface area (Å²) in [7, 11) is -2.08. The summed E-state index contributed by atoms with van der Waals surface area (Å²) in [5.41, 5.74) is 0.583. The Morgan fingerprint density at radius 3 is 2.23 bits per heavy atom. The number of unbranched alkanes of at least 4 members (excludes halogenated alkanes) is 3. The number of nitrogens with zero attached hydrogens (tertiary/aromatic N) is 2. The van der Waals surface area contributed by atoms with E-state index >= 15 is 0 Å². The number of hydrogen-bond acceptors (Lipinski definition) is 4. The molecule has 1 saturated heterocycles. The van der Waals surface area contributed by atoms with Gasteiger partial charge < -0.3 is 9.64 Å². The van der Waals surface area contributed by atoms with E-state index in [0.29, 0.717) is 17.3 Å². The largest absolute Gasteiger partial charge is 0.494 e. The first-order valence-electron chi connectivity index (χ1n) is 10.7. The van der Waals surface area contributed by atoms with Crippen molar-refractivity contribution in [2.45, 2.75) is 43.4 Å². The molecule has 0 amide bonds. The Hall–Kier alpha value is -1.76. The predicted octanol–water partition coefficient (Wildman–Crippen LogP) is 5.20. The molecule has 7 heteroatoms. The number of likely N-dealkylation sites (tertiary alicyclic amines) is 1. The average Bonchev–Trinajstić information content (AvgIpc) is 3.27. The molecule has 30 heavy (non-hydrogen) atoms. The Balaban J connectivity index is 1.41. The summed E-state index contributed by atoms with van der Waals surface area (Å²) >= 11 is 5.86. The summed E-state index contributed by atoms with van der Waals surface area (Å²) in [6.07, 6.45) is 7.43. The van der Waals surface area contributed by atoms with E-state index in [9.17, 15) is 8.42 Å². The molecular formula is C23H31ClN2O3S. The molecule has 2 aromatic rings. The lowest BCUT2D eigenvalue weighted by Gasteiger charge is -2.20. The van der Waals surface area contributed by atoms with E-state index in [1.54, 1.807) is 31.3 Å². The number of benzene rings is 2. The fourth-order valence-electron chi connectivity index (χ4n) is 3.64. The molecule has 0 saturated carbocycles. The molecule has 0 unspecified atom stereocenters. The quantitative estimate of drug-likeness (QED) is 0.441. The van der Waals surface area contributed by atoms with Crippen LogP contribution in [0.15, 0.2) is 53.4 Å². The number of halogens is 1. The Bertz CT molecular complexity index is 880. The van der Waals surface area contributed by atoms with Crippen molar-refractivity contribution in [3.05, 3.63) is 53.6 Å². The van der Waals surface area contributed by atoms with Gasteiger partial charge in [0.15, 0.2) is 0 Å². The molecule has 2 aromatic carbocycles. The van der Waals surface area contributed by atoms with Gasteiger partial charge >= 0.3 is 0 Å². The molecule has 3 rings (SSSR count). The van der Waals surface area contributed by atoms with Gasteiger partial charge in [-0.1, -0.05) is 24.4 Å². The van der Waals surface area contributed by atoms with E-state index in [2.05, 4.69) is 4.90 Å². The van der Waals surface area contributed by atoms with Crippen LogP contribution in [0.25, 0.3) is 0 Å². The van der Waals surface area contributed by atoms with E-state index in [1.165, 1.54) is 68.2 Å². The van der Waals surface area contributed by atoms with Crippen molar-refractivity contribution < 1.29 is 13.2 Å². The Kier molecular flexibility index (Phi) is 8.42. The minimum absolute atomic E-state index is 0.208. The van der Waals surface area contributed by atoms with Crippen LogP contribution in [0.2, 0.25) is 5.02 Å². The van der Waals surface area contributed by atoms with Gasteiger partial charge in [0.2, 0.25) is 0 Å². The molecule has 0 bridgehead atoms. The standard InChI is InChI=1S/C23H31ClN2O3S/c1-25(30(27,28)23-14-8-20(24)9-15-23)21-10-12-22(13-11-21)29-19-7-3-2-4-16-26-17-5-6-18-26/h8-15H,2-7,16-19H2,1H3. The molecule has 0 aliphatic carbocycles. The minimum Gasteiger partial charge on any atom is -0.494 e. The van der Waals surface area contributed by atoms with Crippen LogP contribution in [0.4, 0.5) is 5.69 Å².